The van der Waals surface area contributed by atoms with E-state index in [9.17, 15) is 0 Å². The Labute approximate surface area is 96.6 Å². The summed E-state index contributed by atoms with van der Waals surface area (Å²) in [4.78, 5) is 2.43. The molecule has 0 aliphatic carbocycles. The normalized spacial score (nSPS) is 27.2. The molecule has 1 aromatic rings. The van der Waals surface area contributed by atoms with E-state index in [0.717, 1.165) is 37.8 Å². The summed E-state index contributed by atoms with van der Waals surface area (Å²) in [5.41, 5.74) is 6.84. The average Bonchev–Trinajstić information content (AvgIpc) is 2.67. The lowest BCUT2D eigenvalue weighted by molar-refractivity contribution is 0.125. The first kappa shape index (κ1) is 11.5. The number of piperidine rings is 1. The smallest absolute Gasteiger partial charge is 0.0967 e. The molecule has 1 saturated heterocycles. The number of hydrogen-bond donors (Lipinski definition) is 1. The molecule has 1 fully saturated rings. The number of nitrogens with zero attached hydrogens (tertiary/aromatic N) is 4. The van der Waals surface area contributed by atoms with E-state index >= 15 is 0 Å². The van der Waals surface area contributed by atoms with Crippen molar-refractivity contribution >= 4 is 0 Å². The van der Waals surface area contributed by atoms with Crippen LogP contribution < -0.4 is 5.73 Å². The zero-order valence-electron chi connectivity index (χ0n) is 10.1. The number of aryl methyl sites for hydroxylation is 1. The molecular weight excluding hydrogens is 202 g/mol. The second-order valence-corrected chi connectivity index (χ2v) is 4.88. The molecule has 5 heteroatoms. The van der Waals surface area contributed by atoms with Crippen LogP contribution in [0, 0.1) is 11.8 Å². The number of nitrogens with two attached hydrogens (primary N) is 1. The minimum Gasteiger partial charge on any atom is -0.330 e. The summed E-state index contributed by atoms with van der Waals surface area (Å²) in [6.07, 6.45) is 3.22. The van der Waals surface area contributed by atoms with Gasteiger partial charge >= 0.3 is 0 Å². The molecule has 90 valence electrons. The Hall–Kier alpha value is -0.940. The van der Waals surface area contributed by atoms with E-state index in [2.05, 4.69) is 22.1 Å². The number of rotatable bonds is 3. The van der Waals surface area contributed by atoms with Crippen molar-refractivity contribution < 1.29 is 0 Å². The van der Waals surface area contributed by atoms with Crippen LogP contribution >= 0.6 is 0 Å². The van der Waals surface area contributed by atoms with Crippen molar-refractivity contribution in [2.45, 2.75) is 19.9 Å². The first-order chi connectivity index (χ1) is 7.69. The van der Waals surface area contributed by atoms with Gasteiger partial charge in [0.1, 0.15) is 0 Å². The number of hydrogen-bond acceptors (Lipinski definition) is 4. The molecular formula is C11H21N5. The van der Waals surface area contributed by atoms with Gasteiger partial charge in [0.15, 0.2) is 0 Å². The highest BCUT2D eigenvalue weighted by molar-refractivity contribution is 4.93. The molecule has 2 rings (SSSR count). The summed E-state index contributed by atoms with van der Waals surface area (Å²) >= 11 is 0. The third-order valence-corrected chi connectivity index (χ3v) is 3.54. The van der Waals surface area contributed by atoms with Crippen molar-refractivity contribution in [1.82, 2.24) is 19.9 Å². The Morgan fingerprint density at radius 1 is 1.56 bits per heavy atom. The molecule has 2 heterocycles. The highest BCUT2D eigenvalue weighted by atomic mass is 15.4. The van der Waals surface area contributed by atoms with E-state index in [1.54, 1.807) is 4.68 Å². The minimum atomic E-state index is 0.630. The quantitative estimate of drug-likeness (QED) is 0.797. The maximum atomic E-state index is 5.79. The van der Waals surface area contributed by atoms with Crippen LogP contribution in [-0.2, 0) is 13.6 Å². The lowest BCUT2D eigenvalue weighted by Crippen LogP contribution is -2.42. The van der Waals surface area contributed by atoms with E-state index in [4.69, 9.17) is 5.73 Å². The van der Waals surface area contributed by atoms with E-state index in [1.807, 2.05) is 13.2 Å². The van der Waals surface area contributed by atoms with Crippen molar-refractivity contribution in [3.8, 4) is 0 Å². The first-order valence-corrected chi connectivity index (χ1v) is 5.96. The second-order valence-electron chi connectivity index (χ2n) is 4.88. The van der Waals surface area contributed by atoms with Gasteiger partial charge in [0.2, 0.25) is 0 Å². The van der Waals surface area contributed by atoms with Crippen LogP contribution in [-0.4, -0.2) is 39.5 Å². The second kappa shape index (κ2) is 4.93. The number of aromatic nitrogens is 3. The van der Waals surface area contributed by atoms with Crippen LogP contribution in [0.4, 0.5) is 0 Å². The van der Waals surface area contributed by atoms with Gasteiger partial charge < -0.3 is 5.73 Å². The standard InChI is InChI=1S/C11H21N5/c1-9-3-4-16(6-10(9)5-12)8-11-7-15(2)14-13-11/h7,9-10H,3-6,8,12H2,1-2H3. The van der Waals surface area contributed by atoms with Crippen molar-refractivity contribution in [1.29, 1.82) is 0 Å². The summed E-state index contributed by atoms with van der Waals surface area (Å²) in [5, 5.41) is 8.07. The Balaban J connectivity index is 1.91. The minimum absolute atomic E-state index is 0.630. The van der Waals surface area contributed by atoms with Gasteiger partial charge in [0.25, 0.3) is 0 Å². The lowest BCUT2D eigenvalue weighted by Gasteiger charge is -2.36. The Bertz CT molecular complexity index is 335. The van der Waals surface area contributed by atoms with Crippen molar-refractivity contribution in [3.05, 3.63) is 11.9 Å². The monoisotopic (exact) mass is 223 g/mol. The Kier molecular flexibility index (Phi) is 3.56. The predicted molar refractivity (Wildman–Crippen MR) is 62.6 cm³/mol. The van der Waals surface area contributed by atoms with Crippen LogP contribution in [0.2, 0.25) is 0 Å². The van der Waals surface area contributed by atoms with E-state index in [1.165, 1.54) is 6.42 Å². The zero-order chi connectivity index (χ0) is 11.5. The molecule has 0 aromatic carbocycles. The van der Waals surface area contributed by atoms with Gasteiger partial charge in [0, 0.05) is 26.3 Å². The van der Waals surface area contributed by atoms with Crippen molar-refractivity contribution in [2.24, 2.45) is 24.6 Å². The molecule has 1 aromatic heterocycles. The fraction of sp³-hybridized carbons (Fsp3) is 0.818. The molecule has 16 heavy (non-hydrogen) atoms. The molecule has 2 N–H and O–H groups in total. The molecule has 2 unspecified atom stereocenters. The molecule has 0 saturated carbocycles. The summed E-state index contributed by atoms with van der Waals surface area (Å²) in [6.45, 7) is 6.23. The van der Waals surface area contributed by atoms with Crippen LogP contribution in [0.5, 0.6) is 0 Å². The summed E-state index contributed by atoms with van der Waals surface area (Å²) < 4.78 is 1.75. The molecule has 5 nitrogen and oxygen atoms in total. The fourth-order valence-corrected chi connectivity index (χ4v) is 2.37. The van der Waals surface area contributed by atoms with Gasteiger partial charge in [-0.1, -0.05) is 12.1 Å². The topological polar surface area (TPSA) is 60.0 Å². The average molecular weight is 223 g/mol. The number of likely N-dealkylation sites (tertiary alicyclic amines) is 1. The molecule has 0 bridgehead atoms. The molecule has 2 atom stereocenters. The van der Waals surface area contributed by atoms with Crippen molar-refractivity contribution in [2.75, 3.05) is 19.6 Å². The third-order valence-electron chi connectivity index (χ3n) is 3.54. The van der Waals surface area contributed by atoms with Gasteiger partial charge in [-0.15, -0.1) is 5.10 Å². The highest BCUT2D eigenvalue weighted by Gasteiger charge is 2.25. The van der Waals surface area contributed by atoms with Gasteiger partial charge in [0.05, 0.1) is 5.69 Å². The molecule has 1 aliphatic rings. The maximum Gasteiger partial charge on any atom is 0.0967 e. The van der Waals surface area contributed by atoms with Gasteiger partial charge in [-0.3, -0.25) is 9.58 Å². The van der Waals surface area contributed by atoms with Crippen LogP contribution in [0.3, 0.4) is 0 Å². The van der Waals surface area contributed by atoms with Crippen LogP contribution in [0.15, 0.2) is 6.20 Å². The van der Waals surface area contributed by atoms with Crippen LogP contribution in [0.25, 0.3) is 0 Å². The summed E-state index contributed by atoms with van der Waals surface area (Å²) in [5.74, 6) is 1.38. The molecule has 0 amide bonds. The fourth-order valence-electron chi connectivity index (χ4n) is 2.37. The Morgan fingerprint density at radius 3 is 3.00 bits per heavy atom. The van der Waals surface area contributed by atoms with Crippen molar-refractivity contribution in [3.63, 3.8) is 0 Å². The lowest BCUT2D eigenvalue weighted by atomic mass is 9.87. The molecule has 1 aliphatic heterocycles. The van der Waals surface area contributed by atoms with Gasteiger partial charge in [-0.05, 0) is 31.3 Å². The molecule has 0 spiro atoms. The maximum absolute atomic E-state index is 5.79. The van der Waals surface area contributed by atoms with Crippen LogP contribution in [0.1, 0.15) is 19.0 Å². The summed E-state index contributed by atoms with van der Waals surface area (Å²) in [7, 11) is 1.90. The largest absolute Gasteiger partial charge is 0.330 e. The zero-order valence-corrected chi connectivity index (χ0v) is 10.1. The first-order valence-electron chi connectivity index (χ1n) is 5.96. The van der Waals surface area contributed by atoms with Gasteiger partial charge in [-0.25, -0.2) is 0 Å². The van der Waals surface area contributed by atoms with Gasteiger partial charge in [-0.2, -0.15) is 0 Å². The highest BCUT2D eigenvalue weighted by Crippen LogP contribution is 2.22. The van der Waals surface area contributed by atoms with E-state index in [0.29, 0.717) is 5.92 Å². The Morgan fingerprint density at radius 2 is 2.38 bits per heavy atom. The SMILES string of the molecule is CC1CCN(Cc2cn(C)nn2)CC1CN. The third kappa shape index (κ3) is 2.59. The van der Waals surface area contributed by atoms with E-state index < -0.39 is 0 Å². The molecule has 0 radical (unpaired) electrons. The summed E-state index contributed by atoms with van der Waals surface area (Å²) in [6, 6.07) is 0. The predicted octanol–water partition coefficient (Wildman–Crippen LogP) is 0.232. The van der Waals surface area contributed by atoms with E-state index in [-0.39, 0.29) is 0 Å².